The minimum atomic E-state index is 0.836. The lowest BCUT2D eigenvalue weighted by molar-refractivity contribution is 0.536. The lowest BCUT2D eigenvalue weighted by atomic mass is 9.84. The Morgan fingerprint density at radius 2 is 0.510 bits per heavy atom. The summed E-state index contributed by atoms with van der Waals surface area (Å²) in [7, 11) is 0. The van der Waals surface area contributed by atoms with Crippen LogP contribution < -0.4 is 11.5 Å². The number of rotatable bonds is 20. The molecule has 4 aromatic carbocycles. The van der Waals surface area contributed by atoms with Gasteiger partial charge in [-0.15, -0.1) is 0 Å². The van der Waals surface area contributed by atoms with E-state index in [2.05, 4.69) is 79.7 Å². The molecule has 0 aliphatic rings. The molecule has 0 saturated carbocycles. The summed E-state index contributed by atoms with van der Waals surface area (Å²) in [5.74, 6) is 0. The molecule has 0 bridgehead atoms. The van der Waals surface area contributed by atoms with E-state index >= 15 is 0 Å². The van der Waals surface area contributed by atoms with Crippen LogP contribution in [0.1, 0.15) is 161 Å². The molecule has 4 N–H and O–H groups in total. The van der Waals surface area contributed by atoms with Crippen molar-refractivity contribution in [2.45, 2.75) is 165 Å². The van der Waals surface area contributed by atoms with Crippen LogP contribution >= 0.6 is 0 Å². The van der Waals surface area contributed by atoms with Gasteiger partial charge in [0.2, 0.25) is 0 Å². The van der Waals surface area contributed by atoms with Gasteiger partial charge in [0.25, 0.3) is 0 Å². The Bertz CT molecular complexity index is 1510. The van der Waals surface area contributed by atoms with Gasteiger partial charge in [0, 0.05) is 11.4 Å². The highest BCUT2D eigenvalue weighted by Gasteiger charge is 2.16. The predicted octanol–water partition coefficient (Wildman–Crippen LogP) is 13.4. The van der Waals surface area contributed by atoms with Crippen LogP contribution in [0.2, 0.25) is 0 Å². The second-order valence-electron chi connectivity index (χ2n) is 15.8. The van der Waals surface area contributed by atoms with E-state index in [4.69, 9.17) is 11.5 Å². The van der Waals surface area contributed by atoms with Crippen LogP contribution in [0.4, 0.5) is 11.4 Å². The van der Waals surface area contributed by atoms with Gasteiger partial charge in [-0.3, -0.25) is 0 Å². The van der Waals surface area contributed by atoms with E-state index in [9.17, 15) is 0 Å². The maximum Gasteiger partial charge on any atom is 0.0314 e. The Morgan fingerprint density at radius 3 is 0.765 bits per heavy atom. The Labute approximate surface area is 312 Å². The highest BCUT2D eigenvalue weighted by Crippen LogP contribution is 2.32. The molecular weight excluding hydrogens is 617 g/mol. The number of unbranched alkanes of at least 4 members (excludes halogenated alkanes) is 12. The molecule has 0 amide bonds. The SMILES string of the molecule is Cc1c(C)c(Cc2ccc(N)cc2)c(C)c(C)c1CCCCCCCCCCCCCCCc1c(C)c(C)c(Cc2ccc(N)cc2)c(C)c1C. The van der Waals surface area contributed by atoms with Gasteiger partial charge >= 0.3 is 0 Å². The van der Waals surface area contributed by atoms with Crippen LogP contribution in [0.5, 0.6) is 0 Å². The fraction of sp³-hybridized carbons (Fsp3) is 0.510. The van der Waals surface area contributed by atoms with Crippen molar-refractivity contribution in [1.82, 2.24) is 0 Å². The summed E-state index contributed by atoms with van der Waals surface area (Å²) in [6, 6.07) is 16.8. The van der Waals surface area contributed by atoms with Gasteiger partial charge < -0.3 is 11.5 Å². The summed E-state index contributed by atoms with van der Waals surface area (Å²) in [5, 5.41) is 0. The second-order valence-corrected chi connectivity index (χ2v) is 15.8. The van der Waals surface area contributed by atoms with Gasteiger partial charge in [-0.2, -0.15) is 0 Å². The predicted molar refractivity (Wildman–Crippen MR) is 226 cm³/mol. The van der Waals surface area contributed by atoms with Crippen molar-refractivity contribution in [2.75, 3.05) is 11.5 Å². The minimum Gasteiger partial charge on any atom is -0.399 e. The van der Waals surface area contributed by atoms with Crippen molar-refractivity contribution in [3.05, 3.63) is 126 Å². The maximum absolute atomic E-state index is 5.91. The highest BCUT2D eigenvalue weighted by atomic mass is 14.5. The van der Waals surface area contributed by atoms with Gasteiger partial charge in [-0.05, 0) is 196 Å². The molecule has 0 aliphatic heterocycles. The third-order valence-corrected chi connectivity index (χ3v) is 12.4. The van der Waals surface area contributed by atoms with Crippen LogP contribution in [0.25, 0.3) is 0 Å². The number of hydrogen-bond acceptors (Lipinski definition) is 2. The number of benzene rings is 4. The molecule has 0 spiro atoms. The Balaban J connectivity index is 1.05. The molecule has 0 fully saturated rings. The van der Waals surface area contributed by atoms with E-state index < -0.39 is 0 Å². The number of nitrogen functional groups attached to an aromatic ring is 2. The summed E-state index contributed by atoms with van der Waals surface area (Å²) >= 11 is 0. The molecule has 4 rings (SSSR count). The van der Waals surface area contributed by atoms with Crippen LogP contribution in [-0.2, 0) is 25.7 Å². The van der Waals surface area contributed by atoms with Gasteiger partial charge in [0.1, 0.15) is 0 Å². The molecular formula is C49H70N2. The number of hydrogen-bond donors (Lipinski definition) is 2. The largest absolute Gasteiger partial charge is 0.399 e. The zero-order valence-electron chi connectivity index (χ0n) is 33.8. The Kier molecular flexibility index (Phi) is 15.7. The highest BCUT2D eigenvalue weighted by molar-refractivity contribution is 5.53. The van der Waals surface area contributed by atoms with E-state index in [0.717, 1.165) is 24.2 Å². The lowest BCUT2D eigenvalue weighted by Gasteiger charge is -2.21. The zero-order valence-corrected chi connectivity index (χ0v) is 33.8. The molecule has 0 heterocycles. The van der Waals surface area contributed by atoms with E-state index in [1.165, 1.54) is 163 Å². The van der Waals surface area contributed by atoms with Crippen LogP contribution in [0.15, 0.2) is 48.5 Å². The van der Waals surface area contributed by atoms with Crippen molar-refractivity contribution in [1.29, 1.82) is 0 Å². The van der Waals surface area contributed by atoms with E-state index in [-0.39, 0.29) is 0 Å². The minimum absolute atomic E-state index is 0.836. The quantitative estimate of drug-likeness (QED) is 0.0718. The first kappa shape index (κ1) is 40.3. The van der Waals surface area contributed by atoms with Crippen LogP contribution in [-0.4, -0.2) is 0 Å². The van der Waals surface area contributed by atoms with Crippen molar-refractivity contribution in [3.8, 4) is 0 Å². The van der Waals surface area contributed by atoms with E-state index in [0.29, 0.717) is 0 Å². The topological polar surface area (TPSA) is 52.0 Å². The average Bonchev–Trinajstić information content (AvgIpc) is 3.12. The first-order valence-corrected chi connectivity index (χ1v) is 20.3. The van der Waals surface area contributed by atoms with Gasteiger partial charge in [0.15, 0.2) is 0 Å². The Hall–Kier alpha value is -3.52. The molecule has 0 aromatic heterocycles. The first-order chi connectivity index (χ1) is 24.5. The van der Waals surface area contributed by atoms with Crippen molar-refractivity contribution < 1.29 is 0 Å². The summed E-state index contributed by atoms with van der Waals surface area (Å²) in [6.45, 7) is 18.7. The molecule has 0 radical (unpaired) electrons. The zero-order chi connectivity index (χ0) is 36.9. The second kappa shape index (κ2) is 19.9. The fourth-order valence-corrected chi connectivity index (χ4v) is 8.44. The van der Waals surface area contributed by atoms with Gasteiger partial charge in [-0.25, -0.2) is 0 Å². The molecule has 0 saturated heterocycles. The van der Waals surface area contributed by atoms with Crippen LogP contribution in [0, 0.1) is 55.4 Å². The molecule has 0 unspecified atom stereocenters. The monoisotopic (exact) mass is 687 g/mol. The van der Waals surface area contributed by atoms with E-state index in [1.807, 2.05) is 24.3 Å². The van der Waals surface area contributed by atoms with Gasteiger partial charge in [-0.1, -0.05) is 94.9 Å². The first-order valence-electron chi connectivity index (χ1n) is 20.3. The summed E-state index contributed by atoms with van der Waals surface area (Å²) in [6.07, 6.45) is 22.4. The average molecular weight is 687 g/mol. The Morgan fingerprint density at radius 1 is 0.294 bits per heavy atom. The third-order valence-electron chi connectivity index (χ3n) is 12.4. The third kappa shape index (κ3) is 11.2. The summed E-state index contributed by atoms with van der Waals surface area (Å²) in [4.78, 5) is 0. The van der Waals surface area contributed by atoms with Gasteiger partial charge in [0.05, 0.1) is 0 Å². The smallest absolute Gasteiger partial charge is 0.0314 e. The van der Waals surface area contributed by atoms with Crippen LogP contribution in [0.3, 0.4) is 0 Å². The van der Waals surface area contributed by atoms with Crippen molar-refractivity contribution in [2.24, 2.45) is 0 Å². The molecule has 2 nitrogen and oxygen atoms in total. The van der Waals surface area contributed by atoms with E-state index in [1.54, 1.807) is 11.1 Å². The fourth-order valence-electron chi connectivity index (χ4n) is 8.44. The number of anilines is 2. The molecule has 0 aliphatic carbocycles. The molecule has 51 heavy (non-hydrogen) atoms. The lowest BCUT2D eigenvalue weighted by Crippen LogP contribution is -2.06. The molecule has 4 aromatic rings. The normalized spacial score (nSPS) is 11.5. The standard InChI is InChI=1S/C49H70N2/c1-34-38(5)48(32-42-24-28-44(50)29-25-42)39(6)35(2)46(34)22-20-18-16-14-12-10-9-11-13-15-17-19-21-23-47-36(3)40(7)49(41(8)37(47)4)33-43-26-30-45(51)31-27-43/h24-31H,9-23,32-33,50-51H2,1-8H3. The summed E-state index contributed by atoms with van der Waals surface area (Å²) in [5.41, 5.74) is 34.3. The number of nitrogens with two attached hydrogens (primary N) is 2. The maximum atomic E-state index is 5.91. The molecule has 276 valence electrons. The molecule has 2 heteroatoms. The summed E-state index contributed by atoms with van der Waals surface area (Å²) < 4.78 is 0. The van der Waals surface area contributed by atoms with Crippen molar-refractivity contribution in [3.63, 3.8) is 0 Å². The van der Waals surface area contributed by atoms with Crippen molar-refractivity contribution >= 4 is 11.4 Å². The molecule has 0 atom stereocenters.